The normalized spacial score (nSPS) is 15.2. The molecule has 0 amide bonds. The maximum atomic E-state index is 13.0. The van der Waals surface area contributed by atoms with E-state index in [2.05, 4.69) is 9.88 Å². The van der Waals surface area contributed by atoms with Gasteiger partial charge in [-0.05, 0) is 55.8 Å². The van der Waals surface area contributed by atoms with Crippen LogP contribution < -0.4 is 4.90 Å². The maximum absolute atomic E-state index is 13.0. The number of anilines is 1. The molecular weight excluding hydrogens is 467 g/mol. The predicted octanol–water partition coefficient (Wildman–Crippen LogP) is 4.50. The predicted molar refractivity (Wildman–Crippen MR) is 128 cm³/mol. The van der Waals surface area contributed by atoms with Crippen molar-refractivity contribution in [3.63, 3.8) is 0 Å². The average Bonchev–Trinajstić information content (AvgIpc) is 2.77. The van der Waals surface area contributed by atoms with Gasteiger partial charge < -0.3 is 4.90 Å². The zero-order chi connectivity index (χ0) is 22.9. The van der Waals surface area contributed by atoms with Crippen LogP contribution in [0.15, 0.2) is 53.4 Å². The van der Waals surface area contributed by atoms with Gasteiger partial charge in [-0.25, -0.2) is 18.4 Å². The minimum atomic E-state index is -3.56. The summed E-state index contributed by atoms with van der Waals surface area (Å²) in [6.07, 6.45) is 0.682. The molecule has 1 aliphatic rings. The third kappa shape index (κ3) is 4.91. The van der Waals surface area contributed by atoms with Gasteiger partial charge in [0.15, 0.2) is 0 Å². The largest absolute Gasteiger partial charge is 0.354 e. The van der Waals surface area contributed by atoms with E-state index in [1.807, 2.05) is 38.1 Å². The minimum absolute atomic E-state index is 0.257. The summed E-state index contributed by atoms with van der Waals surface area (Å²) in [6.45, 7) is 5.74. The molecule has 0 N–H and O–H groups in total. The molecule has 0 spiro atoms. The van der Waals surface area contributed by atoms with Gasteiger partial charge in [0.1, 0.15) is 11.6 Å². The van der Waals surface area contributed by atoms with Gasteiger partial charge in [-0.1, -0.05) is 35.3 Å². The van der Waals surface area contributed by atoms with Crippen molar-refractivity contribution < 1.29 is 8.42 Å². The number of nitrogens with zero attached hydrogens (tertiary/aromatic N) is 4. The van der Waals surface area contributed by atoms with E-state index in [-0.39, 0.29) is 4.90 Å². The summed E-state index contributed by atoms with van der Waals surface area (Å²) in [5.41, 5.74) is 3.10. The second kappa shape index (κ2) is 9.35. The number of aromatic nitrogens is 2. The van der Waals surface area contributed by atoms with Crippen molar-refractivity contribution in [3.8, 4) is 0 Å². The number of rotatable bonds is 5. The molecule has 0 aliphatic carbocycles. The summed E-state index contributed by atoms with van der Waals surface area (Å²) in [6, 6.07) is 14.0. The third-order valence-corrected chi connectivity index (χ3v) is 8.00. The van der Waals surface area contributed by atoms with Gasteiger partial charge in [-0.3, -0.25) is 0 Å². The molecule has 1 aromatic heterocycles. The Morgan fingerprint density at radius 2 is 1.41 bits per heavy atom. The van der Waals surface area contributed by atoms with Crippen LogP contribution >= 0.6 is 23.2 Å². The van der Waals surface area contributed by atoms with Crippen LogP contribution in [0.3, 0.4) is 0 Å². The van der Waals surface area contributed by atoms with Crippen molar-refractivity contribution in [2.75, 3.05) is 31.1 Å². The molecule has 1 fully saturated rings. The second-order valence-corrected chi connectivity index (χ2v) is 10.6. The van der Waals surface area contributed by atoms with Crippen LogP contribution in [0.2, 0.25) is 10.0 Å². The smallest absolute Gasteiger partial charge is 0.243 e. The van der Waals surface area contributed by atoms with Crippen LogP contribution in [0, 0.1) is 13.8 Å². The van der Waals surface area contributed by atoms with E-state index in [1.165, 1.54) is 4.31 Å². The van der Waals surface area contributed by atoms with E-state index in [9.17, 15) is 8.42 Å². The Morgan fingerprint density at radius 3 is 2.00 bits per heavy atom. The fourth-order valence-corrected chi connectivity index (χ4v) is 5.56. The first-order valence-electron chi connectivity index (χ1n) is 10.3. The summed E-state index contributed by atoms with van der Waals surface area (Å²) in [5.74, 6) is 1.57. The van der Waals surface area contributed by atoms with E-state index in [0.29, 0.717) is 48.5 Å². The Bertz CT molecular complexity index is 1210. The highest BCUT2D eigenvalue weighted by atomic mass is 35.5. The van der Waals surface area contributed by atoms with Gasteiger partial charge in [-0.2, -0.15) is 4.31 Å². The number of piperazine rings is 1. The standard InChI is InChI=1S/C23H24Cl2N4O2S/c1-16-22(15-18-3-5-19(24)6-4-18)23(27-17(2)26-16)28-11-13-29(14-12-28)32(30,31)21-9-7-20(25)8-10-21/h3-10H,11-15H2,1-2H3. The Labute approximate surface area is 198 Å². The summed E-state index contributed by atoms with van der Waals surface area (Å²) in [5, 5.41) is 1.21. The maximum Gasteiger partial charge on any atom is 0.243 e. The average molecular weight is 491 g/mol. The van der Waals surface area contributed by atoms with Crippen molar-refractivity contribution in [1.29, 1.82) is 0 Å². The molecule has 9 heteroatoms. The lowest BCUT2D eigenvalue weighted by molar-refractivity contribution is 0.383. The Hall–Kier alpha value is -2.19. The topological polar surface area (TPSA) is 66.4 Å². The molecule has 0 saturated carbocycles. The number of hydrogen-bond donors (Lipinski definition) is 0. The van der Waals surface area contributed by atoms with Gasteiger partial charge in [-0.15, -0.1) is 0 Å². The van der Waals surface area contributed by atoms with E-state index >= 15 is 0 Å². The number of aryl methyl sites for hydroxylation is 2. The van der Waals surface area contributed by atoms with Crippen LogP contribution in [0.1, 0.15) is 22.6 Å². The van der Waals surface area contributed by atoms with Crippen LogP contribution in [0.5, 0.6) is 0 Å². The Morgan fingerprint density at radius 1 is 0.844 bits per heavy atom. The molecule has 3 aromatic rings. The molecule has 1 saturated heterocycles. The highest BCUT2D eigenvalue weighted by molar-refractivity contribution is 7.89. The van der Waals surface area contributed by atoms with Crippen molar-refractivity contribution in [2.45, 2.75) is 25.2 Å². The molecule has 2 aromatic carbocycles. The minimum Gasteiger partial charge on any atom is -0.354 e. The molecule has 4 rings (SSSR count). The second-order valence-electron chi connectivity index (χ2n) is 7.81. The van der Waals surface area contributed by atoms with Gasteiger partial charge in [0.2, 0.25) is 10.0 Å². The molecule has 0 atom stereocenters. The molecule has 32 heavy (non-hydrogen) atoms. The molecule has 0 bridgehead atoms. The van der Waals surface area contributed by atoms with Gasteiger partial charge in [0.25, 0.3) is 0 Å². The van der Waals surface area contributed by atoms with E-state index in [4.69, 9.17) is 28.2 Å². The molecule has 1 aliphatic heterocycles. The quantitative estimate of drug-likeness (QED) is 0.526. The molecule has 168 valence electrons. The molecule has 6 nitrogen and oxygen atoms in total. The van der Waals surface area contributed by atoms with E-state index < -0.39 is 10.0 Å². The Kier molecular flexibility index (Phi) is 6.72. The third-order valence-electron chi connectivity index (χ3n) is 5.59. The van der Waals surface area contributed by atoms with E-state index in [1.54, 1.807) is 24.3 Å². The van der Waals surface area contributed by atoms with Crippen LogP contribution in [0.25, 0.3) is 0 Å². The number of benzene rings is 2. The van der Waals surface area contributed by atoms with Gasteiger partial charge in [0.05, 0.1) is 4.90 Å². The highest BCUT2D eigenvalue weighted by Gasteiger charge is 2.30. The monoisotopic (exact) mass is 490 g/mol. The highest BCUT2D eigenvalue weighted by Crippen LogP contribution is 2.27. The molecule has 0 radical (unpaired) electrons. The fourth-order valence-electron chi connectivity index (χ4n) is 3.89. The summed E-state index contributed by atoms with van der Waals surface area (Å²) in [4.78, 5) is 11.7. The fraction of sp³-hybridized carbons (Fsp3) is 0.304. The van der Waals surface area contributed by atoms with E-state index in [0.717, 1.165) is 22.6 Å². The first-order valence-corrected chi connectivity index (χ1v) is 12.5. The summed E-state index contributed by atoms with van der Waals surface area (Å²) >= 11 is 11.9. The molecule has 2 heterocycles. The zero-order valence-corrected chi connectivity index (χ0v) is 20.3. The van der Waals surface area contributed by atoms with Gasteiger partial charge >= 0.3 is 0 Å². The van der Waals surface area contributed by atoms with Crippen LogP contribution in [-0.4, -0.2) is 48.9 Å². The number of sulfonamides is 1. The van der Waals surface area contributed by atoms with Crippen molar-refractivity contribution in [1.82, 2.24) is 14.3 Å². The first kappa shape index (κ1) is 23.0. The summed E-state index contributed by atoms with van der Waals surface area (Å²) < 4.78 is 27.5. The lowest BCUT2D eigenvalue weighted by atomic mass is 10.0. The Balaban J connectivity index is 1.55. The molecular formula is C23H24Cl2N4O2S. The number of halogens is 2. The van der Waals surface area contributed by atoms with Crippen LogP contribution in [-0.2, 0) is 16.4 Å². The lowest BCUT2D eigenvalue weighted by Crippen LogP contribution is -2.49. The summed E-state index contributed by atoms with van der Waals surface area (Å²) in [7, 11) is -3.56. The van der Waals surface area contributed by atoms with Crippen molar-refractivity contribution in [3.05, 3.63) is 81.2 Å². The zero-order valence-electron chi connectivity index (χ0n) is 17.9. The first-order chi connectivity index (χ1) is 15.2. The van der Waals surface area contributed by atoms with Crippen molar-refractivity contribution in [2.24, 2.45) is 0 Å². The van der Waals surface area contributed by atoms with Crippen molar-refractivity contribution >= 4 is 39.0 Å². The lowest BCUT2D eigenvalue weighted by Gasteiger charge is -2.36. The van der Waals surface area contributed by atoms with Gasteiger partial charge in [0, 0.05) is 53.9 Å². The van der Waals surface area contributed by atoms with Crippen LogP contribution in [0.4, 0.5) is 5.82 Å². The molecule has 0 unspecified atom stereocenters. The SMILES string of the molecule is Cc1nc(C)c(Cc2ccc(Cl)cc2)c(N2CCN(S(=O)(=O)c3ccc(Cl)cc3)CC2)n1. The number of hydrogen-bond acceptors (Lipinski definition) is 5.